The van der Waals surface area contributed by atoms with Crippen molar-refractivity contribution in [1.29, 1.82) is 0 Å². The Hall–Kier alpha value is -3.30. The maximum Gasteiger partial charge on any atom is 0.243 e. The number of hydrogen-bond acceptors (Lipinski definition) is 8. The van der Waals surface area contributed by atoms with Crippen LogP contribution in [0.1, 0.15) is 58.0 Å². The number of hydrogen-bond donors (Lipinski definition) is 1. The molecule has 3 aromatic rings. The van der Waals surface area contributed by atoms with E-state index in [-0.39, 0.29) is 10.8 Å². The molecule has 0 saturated carbocycles. The number of carbonyl (C=O) groups is 1. The van der Waals surface area contributed by atoms with Crippen molar-refractivity contribution in [3.8, 4) is 0 Å². The molecule has 1 N–H and O–H groups in total. The third-order valence-corrected chi connectivity index (χ3v) is 13.7. The number of aromatic nitrogens is 3. The molecule has 0 radical (unpaired) electrons. The van der Waals surface area contributed by atoms with Crippen LogP contribution in [0.3, 0.4) is 0 Å². The van der Waals surface area contributed by atoms with Crippen molar-refractivity contribution in [3.63, 3.8) is 0 Å². The van der Waals surface area contributed by atoms with Crippen LogP contribution in [0.25, 0.3) is 5.57 Å². The van der Waals surface area contributed by atoms with E-state index in [1.807, 2.05) is 60.9 Å². The lowest BCUT2D eigenvalue weighted by atomic mass is 10.1. The van der Waals surface area contributed by atoms with Crippen LogP contribution in [0.2, 0.25) is 0 Å². The highest BCUT2D eigenvalue weighted by Gasteiger charge is 2.31. The maximum atomic E-state index is 13.4. The van der Waals surface area contributed by atoms with Crippen LogP contribution in [-0.2, 0) is 31.4 Å². The number of rotatable bonds is 15. The number of thioether (sulfide) groups is 1. The molecule has 11 nitrogen and oxygen atoms in total. The molecule has 0 saturated heterocycles. The van der Waals surface area contributed by atoms with Gasteiger partial charge >= 0.3 is 0 Å². The first-order valence-corrected chi connectivity index (χ1v) is 19.6. The fourth-order valence-electron chi connectivity index (χ4n) is 5.40. The molecule has 2 aromatic carbocycles. The quantitative estimate of drug-likeness (QED) is 0.215. The van der Waals surface area contributed by atoms with Gasteiger partial charge in [0.15, 0.2) is 11.0 Å². The Balaban J connectivity index is 1.63. The highest BCUT2D eigenvalue weighted by atomic mass is 32.2. The second-order valence-corrected chi connectivity index (χ2v) is 16.5. The molecule has 0 bridgehead atoms. The zero-order chi connectivity index (χ0) is 34.4. The smallest absolute Gasteiger partial charge is 0.243 e. The highest BCUT2D eigenvalue weighted by molar-refractivity contribution is 8.00. The Morgan fingerprint density at radius 3 is 2.28 bits per heavy atom. The lowest BCUT2D eigenvalue weighted by Crippen LogP contribution is -2.38. The normalized spacial score (nSPS) is 16.0. The zero-order valence-corrected chi connectivity index (χ0v) is 30.2. The summed E-state index contributed by atoms with van der Waals surface area (Å²) < 4.78 is 57.9. The van der Waals surface area contributed by atoms with Gasteiger partial charge in [-0.3, -0.25) is 9.36 Å². The van der Waals surface area contributed by atoms with Gasteiger partial charge in [0, 0.05) is 37.4 Å². The van der Waals surface area contributed by atoms with E-state index in [0.29, 0.717) is 66.9 Å². The summed E-state index contributed by atoms with van der Waals surface area (Å²) >= 11 is 1.22. The van der Waals surface area contributed by atoms with E-state index < -0.39 is 30.5 Å². The first-order valence-electron chi connectivity index (χ1n) is 15.8. The number of nitrogens with one attached hydrogen (secondary N) is 1. The maximum absolute atomic E-state index is 13.4. The van der Waals surface area contributed by atoms with Crippen molar-refractivity contribution in [1.82, 2.24) is 23.4 Å². The predicted octanol–water partition coefficient (Wildman–Crippen LogP) is 5.17. The molecule has 0 spiro atoms. The van der Waals surface area contributed by atoms with Gasteiger partial charge in [-0.15, -0.1) is 10.2 Å². The van der Waals surface area contributed by atoms with Crippen molar-refractivity contribution in [2.75, 3.05) is 31.5 Å². The second kappa shape index (κ2) is 15.7. The average Bonchev–Trinajstić information content (AvgIpc) is 3.44. The second-order valence-electron chi connectivity index (χ2n) is 11.1. The first-order chi connectivity index (χ1) is 22.4. The number of nitrogens with zero attached hydrogens (tertiary/aromatic N) is 5. The molecule has 0 fully saturated rings. The monoisotopic (exact) mass is 700 g/mol. The van der Waals surface area contributed by atoms with Gasteiger partial charge < -0.3 is 5.32 Å². The zero-order valence-electron chi connectivity index (χ0n) is 27.8. The van der Waals surface area contributed by atoms with Crippen molar-refractivity contribution >= 4 is 49.0 Å². The number of allylic oxidation sites excluding steroid dienone is 3. The molecular formula is C33H44N6O5S3. The molecule has 1 amide bonds. The van der Waals surface area contributed by atoms with Crippen LogP contribution < -0.4 is 5.32 Å². The van der Waals surface area contributed by atoms with E-state index in [9.17, 15) is 21.6 Å². The van der Waals surface area contributed by atoms with Crippen LogP contribution in [0.4, 0.5) is 5.69 Å². The Kier molecular flexibility index (Phi) is 12.2. The summed E-state index contributed by atoms with van der Waals surface area (Å²) in [7, 11) is -7.28. The molecule has 254 valence electrons. The molecular weight excluding hydrogens is 657 g/mol. The topological polar surface area (TPSA) is 135 Å². The van der Waals surface area contributed by atoms with Gasteiger partial charge in [-0.05, 0) is 43.5 Å². The molecule has 2 atom stereocenters. The van der Waals surface area contributed by atoms with Gasteiger partial charge in [0.2, 0.25) is 26.0 Å². The van der Waals surface area contributed by atoms with Gasteiger partial charge in [-0.25, -0.2) is 21.1 Å². The number of anilines is 1. The Morgan fingerprint density at radius 1 is 0.979 bits per heavy atom. The minimum Gasteiger partial charge on any atom is -0.325 e. The van der Waals surface area contributed by atoms with Crippen molar-refractivity contribution in [2.24, 2.45) is 0 Å². The molecule has 4 rings (SSSR count). The molecule has 1 aliphatic rings. The standard InChI is InChI=1S/C33H44N6O5S3/c1-7-37(8-2)46(41,42)29-18-14-17-27(21-29)31-35-36-33(39(31)23-26-15-12-11-13-16-26)45-25(6)32(40)34-28-20-19-24(5)30(22-28)47(43,44)38(9-3)10-4/h11-17,19-22,25,29H,7-10,18,23H2,1-6H3,(H,34,40). The lowest BCUT2D eigenvalue weighted by Gasteiger charge is -2.25. The number of benzene rings is 2. The Bertz CT molecular complexity index is 1830. The van der Waals surface area contributed by atoms with E-state index in [2.05, 4.69) is 15.5 Å². The Labute approximate surface area is 283 Å². The van der Waals surface area contributed by atoms with Crippen LogP contribution in [0.15, 0.2) is 76.8 Å². The number of carbonyl (C=O) groups excluding carboxylic acids is 1. The van der Waals surface area contributed by atoms with Gasteiger partial charge in [0.1, 0.15) is 0 Å². The summed E-state index contributed by atoms with van der Waals surface area (Å²) in [4.78, 5) is 13.6. The SMILES string of the molecule is CCN(CC)S(=O)(=O)c1cc(NC(=O)C(C)Sc2nnc(C3=CC(S(=O)(=O)N(CC)CC)CC=C3)n2Cc2ccccc2)ccc1C. The van der Waals surface area contributed by atoms with Gasteiger partial charge in [-0.2, -0.15) is 4.31 Å². The van der Waals surface area contributed by atoms with Gasteiger partial charge in [-0.1, -0.05) is 94.1 Å². The summed E-state index contributed by atoms with van der Waals surface area (Å²) in [5, 5.41) is 10.9. The number of sulfonamides is 2. The first kappa shape index (κ1) is 36.5. The van der Waals surface area contributed by atoms with Crippen molar-refractivity contribution < 1.29 is 21.6 Å². The molecule has 1 aliphatic carbocycles. The van der Waals surface area contributed by atoms with E-state index in [1.54, 1.807) is 45.9 Å². The highest BCUT2D eigenvalue weighted by Crippen LogP contribution is 2.31. The number of amides is 1. The van der Waals surface area contributed by atoms with Gasteiger partial charge in [0.25, 0.3) is 0 Å². The molecule has 0 aliphatic heterocycles. The van der Waals surface area contributed by atoms with Crippen LogP contribution in [-0.4, -0.2) is 82.8 Å². The van der Waals surface area contributed by atoms with Crippen molar-refractivity contribution in [3.05, 3.63) is 83.7 Å². The van der Waals surface area contributed by atoms with Crippen LogP contribution in [0.5, 0.6) is 0 Å². The summed E-state index contributed by atoms with van der Waals surface area (Å²) in [6, 6.07) is 14.6. The lowest BCUT2D eigenvalue weighted by molar-refractivity contribution is -0.115. The van der Waals surface area contributed by atoms with E-state index in [1.165, 1.54) is 26.4 Å². The van der Waals surface area contributed by atoms with E-state index in [0.717, 1.165) is 5.56 Å². The Morgan fingerprint density at radius 2 is 1.64 bits per heavy atom. The number of aryl methyl sites for hydroxylation is 1. The summed E-state index contributed by atoms with van der Waals surface area (Å²) in [6.45, 7) is 12.6. The summed E-state index contributed by atoms with van der Waals surface area (Å²) in [6.07, 6.45) is 5.82. The minimum atomic E-state index is -3.72. The largest absolute Gasteiger partial charge is 0.325 e. The molecule has 2 unspecified atom stereocenters. The molecule has 47 heavy (non-hydrogen) atoms. The van der Waals surface area contributed by atoms with E-state index >= 15 is 0 Å². The summed E-state index contributed by atoms with van der Waals surface area (Å²) in [5.74, 6) is 0.174. The average molecular weight is 701 g/mol. The summed E-state index contributed by atoms with van der Waals surface area (Å²) in [5.41, 5.74) is 2.60. The molecule has 14 heteroatoms. The predicted molar refractivity (Wildman–Crippen MR) is 188 cm³/mol. The molecule has 1 heterocycles. The fourth-order valence-corrected chi connectivity index (χ4v) is 9.73. The third kappa shape index (κ3) is 8.23. The van der Waals surface area contributed by atoms with Crippen LogP contribution >= 0.6 is 11.8 Å². The van der Waals surface area contributed by atoms with E-state index in [4.69, 9.17) is 0 Å². The minimum absolute atomic E-state index is 0.154. The van der Waals surface area contributed by atoms with Gasteiger partial charge in [0.05, 0.1) is 21.9 Å². The fraction of sp³-hybridized carbons (Fsp3) is 0.424. The van der Waals surface area contributed by atoms with Crippen LogP contribution in [0, 0.1) is 6.92 Å². The van der Waals surface area contributed by atoms with Crippen molar-refractivity contribution in [2.45, 2.75) is 75.1 Å². The third-order valence-electron chi connectivity index (χ3n) is 8.07. The molecule has 1 aromatic heterocycles.